The first-order valence-corrected chi connectivity index (χ1v) is 7.68. The molecule has 3 atom stereocenters. The molecule has 1 aliphatic heterocycles. The van der Waals surface area contributed by atoms with E-state index in [2.05, 4.69) is 4.98 Å². The predicted octanol–water partition coefficient (Wildman–Crippen LogP) is 1.20. The van der Waals surface area contributed by atoms with Crippen LogP contribution in [0.1, 0.15) is 25.6 Å². The molecule has 0 aromatic carbocycles. The molecule has 23 heavy (non-hydrogen) atoms. The molecule has 1 aromatic heterocycles. The van der Waals surface area contributed by atoms with Crippen LogP contribution in [-0.4, -0.2) is 56.7 Å². The molecule has 1 aliphatic rings. The number of methoxy groups -OCH3 is 2. The lowest BCUT2D eigenvalue weighted by atomic mass is 9.84. The van der Waals surface area contributed by atoms with Crippen LogP contribution in [0.15, 0.2) is 11.0 Å². The van der Waals surface area contributed by atoms with Gasteiger partial charge in [0.1, 0.15) is 18.1 Å². The lowest BCUT2D eigenvalue weighted by Crippen LogP contribution is -2.40. The number of aromatic nitrogens is 2. The Morgan fingerprint density at radius 1 is 1.39 bits per heavy atom. The van der Waals surface area contributed by atoms with Crippen LogP contribution in [0, 0.1) is 12.3 Å². The van der Waals surface area contributed by atoms with Gasteiger partial charge in [0, 0.05) is 45.5 Å². The normalized spacial score (nSPS) is 26.5. The number of hydrogen-bond donors (Lipinski definition) is 0. The molecule has 1 saturated heterocycles. The van der Waals surface area contributed by atoms with E-state index in [1.807, 2.05) is 39.8 Å². The van der Waals surface area contributed by atoms with Crippen molar-refractivity contribution in [1.29, 1.82) is 0 Å². The van der Waals surface area contributed by atoms with Gasteiger partial charge in [-0.05, 0) is 6.92 Å². The van der Waals surface area contributed by atoms with E-state index in [9.17, 15) is 4.79 Å². The van der Waals surface area contributed by atoms with Crippen molar-refractivity contribution < 1.29 is 14.2 Å². The van der Waals surface area contributed by atoms with Crippen LogP contribution >= 0.6 is 0 Å². The molecular weight excluding hydrogens is 298 g/mol. The first kappa shape index (κ1) is 17.9. The molecule has 0 amide bonds. The fourth-order valence-electron chi connectivity index (χ4n) is 3.38. The van der Waals surface area contributed by atoms with Crippen molar-refractivity contribution in [2.45, 2.75) is 39.2 Å². The Bertz CT molecular complexity index is 612. The summed E-state index contributed by atoms with van der Waals surface area (Å²) in [7, 11) is 7.01. The molecule has 7 heteroatoms. The molecule has 1 fully saturated rings. The first-order valence-electron chi connectivity index (χ1n) is 7.68. The van der Waals surface area contributed by atoms with E-state index in [1.165, 1.54) is 0 Å². The van der Waals surface area contributed by atoms with E-state index in [0.29, 0.717) is 12.4 Å². The summed E-state index contributed by atoms with van der Waals surface area (Å²) in [6, 6.07) is 0. The van der Waals surface area contributed by atoms with Gasteiger partial charge in [-0.1, -0.05) is 13.8 Å². The quantitative estimate of drug-likeness (QED) is 0.810. The maximum Gasteiger partial charge on any atom is 0.351 e. The Morgan fingerprint density at radius 2 is 2.04 bits per heavy atom. The number of anilines is 1. The Balaban J connectivity index is 2.45. The molecule has 1 aromatic rings. The Labute approximate surface area is 137 Å². The highest BCUT2D eigenvalue weighted by Crippen LogP contribution is 2.45. The van der Waals surface area contributed by atoms with Gasteiger partial charge in [-0.25, -0.2) is 4.79 Å². The molecule has 3 unspecified atom stereocenters. The first-order chi connectivity index (χ1) is 10.7. The van der Waals surface area contributed by atoms with Gasteiger partial charge in [-0.3, -0.25) is 4.57 Å². The molecule has 0 spiro atoms. The maximum atomic E-state index is 12.5. The van der Waals surface area contributed by atoms with Crippen molar-refractivity contribution in [3.05, 3.63) is 22.2 Å². The summed E-state index contributed by atoms with van der Waals surface area (Å²) in [5, 5.41) is 0. The lowest BCUT2D eigenvalue weighted by molar-refractivity contribution is -0.0635. The molecule has 0 radical (unpaired) electrons. The standard InChI is InChI=1S/C16H27N3O4/c1-10-8-19(15(20)17-13(10)18(4)5)14-16(2,3)12(22-7)11(23-14)9-21-6/h8,11-12,14H,9H2,1-7H3. The highest BCUT2D eigenvalue weighted by molar-refractivity contribution is 5.42. The van der Waals surface area contributed by atoms with Crippen molar-refractivity contribution in [3.8, 4) is 0 Å². The van der Waals surface area contributed by atoms with Gasteiger partial charge in [-0.2, -0.15) is 4.98 Å². The van der Waals surface area contributed by atoms with Crippen molar-refractivity contribution >= 4 is 5.82 Å². The van der Waals surface area contributed by atoms with Crippen LogP contribution < -0.4 is 10.6 Å². The molecule has 7 nitrogen and oxygen atoms in total. The second-order valence-electron chi connectivity index (χ2n) is 6.79. The summed E-state index contributed by atoms with van der Waals surface area (Å²) in [5.74, 6) is 0.666. The fraction of sp³-hybridized carbons (Fsp3) is 0.750. The second-order valence-corrected chi connectivity index (χ2v) is 6.79. The zero-order chi connectivity index (χ0) is 17.4. The van der Waals surface area contributed by atoms with Gasteiger partial charge < -0.3 is 19.1 Å². The monoisotopic (exact) mass is 325 g/mol. The van der Waals surface area contributed by atoms with Crippen LogP contribution in [0.25, 0.3) is 0 Å². The molecule has 0 N–H and O–H groups in total. The molecular formula is C16H27N3O4. The van der Waals surface area contributed by atoms with Gasteiger partial charge in [0.25, 0.3) is 0 Å². The minimum Gasteiger partial charge on any atom is -0.382 e. The van der Waals surface area contributed by atoms with Gasteiger partial charge in [0.15, 0.2) is 0 Å². The van der Waals surface area contributed by atoms with Gasteiger partial charge in [0.05, 0.1) is 12.7 Å². The Hall–Kier alpha value is -1.44. The summed E-state index contributed by atoms with van der Waals surface area (Å²) in [6.07, 6.45) is 0.945. The van der Waals surface area contributed by atoms with E-state index in [-0.39, 0.29) is 17.9 Å². The van der Waals surface area contributed by atoms with E-state index in [4.69, 9.17) is 14.2 Å². The zero-order valence-electron chi connectivity index (χ0n) is 15.0. The largest absolute Gasteiger partial charge is 0.382 e. The molecule has 0 bridgehead atoms. The molecule has 2 rings (SSSR count). The van der Waals surface area contributed by atoms with Crippen LogP contribution in [0.2, 0.25) is 0 Å². The van der Waals surface area contributed by atoms with Crippen LogP contribution in [0.5, 0.6) is 0 Å². The predicted molar refractivity (Wildman–Crippen MR) is 87.9 cm³/mol. The summed E-state index contributed by atoms with van der Waals surface area (Å²) in [6.45, 7) is 6.41. The third-order valence-electron chi connectivity index (χ3n) is 4.38. The van der Waals surface area contributed by atoms with Crippen molar-refractivity contribution in [2.75, 3.05) is 39.8 Å². The fourth-order valence-corrected chi connectivity index (χ4v) is 3.38. The Kier molecular flexibility index (Phi) is 5.13. The molecule has 130 valence electrons. The van der Waals surface area contributed by atoms with E-state index in [1.54, 1.807) is 25.0 Å². The SMILES string of the molecule is COCC1OC(n2cc(C)c(N(C)C)nc2=O)C(C)(C)C1OC. The number of nitrogens with zero attached hydrogens (tertiary/aromatic N) is 3. The minimum absolute atomic E-state index is 0.173. The van der Waals surface area contributed by atoms with Crippen LogP contribution in [-0.2, 0) is 14.2 Å². The maximum absolute atomic E-state index is 12.5. The summed E-state index contributed by atoms with van der Waals surface area (Å²) in [4.78, 5) is 18.5. The number of hydrogen-bond acceptors (Lipinski definition) is 6. The average molecular weight is 325 g/mol. The van der Waals surface area contributed by atoms with Crippen LogP contribution in [0.3, 0.4) is 0 Å². The highest BCUT2D eigenvalue weighted by atomic mass is 16.6. The van der Waals surface area contributed by atoms with Gasteiger partial charge in [0.2, 0.25) is 0 Å². The molecule has 0 saturated carbocycles. The summed E-state index contributed by atoms with van der Waals surface area (Å²) >= 11 is 0. The van der Waals surface area contributed by atoms with Gasteiger partial charge >= 0.3 is 5.69 Å². The third kappa shape index (κ3) is 3.13. The third-order valence-corrected chi connectivity index (χ3v) is 4.38. The second kappa shape index (κ2) is 6.59. The average Bonchev–Trinajstić information content (AvgIpc) is 2.71. The lowest BCUT2D eigenvalue weighted by Gasteiger charge is -2.31. The molecule has 2 heterocycles. The number of ether oxygens (including phenoxy) is 3. The van der Waals surface area contributed by atoms with E-state index >= 15 is 0 Å². The minimum atomic E-state index is -0.456. The van der Waals surface area contributed by atoms with Crippen molar-refractivity contribution in [2.24, 2.45) is 5.41 Å². The van der Waals surface area contributed by atoms with Crippen molar-refractivity contribution in [3.63, 3.8) is 0 Å². The Morgan fingerprint density at radius 3 is 2.57 bits per heavy atom. The van der Waals surface area contributed by atoms with E-state index in [0.717, 1.165) is 5.56 Å². The summed E-state index contributed by atoms with van der Waals surface area (Å²) in [5.41, 5.74) is 0.193. The number of aryl methyl sites for hydroxylation is 1. The summed E-state index contributed by atoms with van der Waals surface area (Å²) < 4.78 is 18.5. The van der Waals surface area contributed by atoms with Crippen LogP contribution in [0.4, 0.5) is 5.82 Å². The topological polar surface area (TPSA) is 65.8 Å². The molecule has 0 aliphatic carbocycles. The van der Waals surface area contributed by atoms with Crippen molar-refractivity contribution in [1.82, 2.24) is 9.55 Å². The number of rotatable bonds is 5. The zero-order valence-corrected chi connectivity index (χ0v) is 15.0. The van der Waals surface area contributed by atoms with E-state index < -0.39 is 11.6 Å². The smallest absolute Gasteiger partial charge is 0.351 e. The highest BCUT2D eigenvalue weighted by Gasteiger charge is 2.52. The van der Waals surface area contributed by atoms with Gasteiger partial charge in [-0.15, -0.1) is 0 Å².